The van der Waals surface area contributed by atoms with Crippen molar-refractivity contribution in [2.75, 3.05) is 6.54 Å². The number of H-pyrrole nitrogens is 1. The van der Waals surface area contributed by atoms with Gasteiger partial charge in [-0.15, -0.1) is 0 Å². The first-order chi connectivity index (χ1) is 8.37. The van der Waals surface area contributed by atoms with E-state index in [-0.39, 0.29) is 6.04 Å². The van der Waals surface area contributed by atoms with E-state index in [1.54, 1.807) is 12.4 Å². The summed E-state index contributed by atoms with van der Waals surface area (Å²) in [6.45, 7) is 8.65. The van der Waals surface area contributed by atoms with Gasteiger partial charge in [0.15, 0.2) is 0 Å². The third kappa shape index (κ3) is 6.24. The first kappa shape index (κ1) is 14.5. The highest BCUT2D eigenvalue weighted by atomic mass is 16.6. The van der Waals surface area contributed by atoms with Crippen LogP contribution in [0.5, 0.6) is 0 Å². The second-order valence-electron chi connectivity index (χ2n) is 5.20. The van der Waals surface area contributed by atoms with Crippen molar-refractivity contribution >= 4 is 6.09 Å². The van der Waals surface area contributed by atoms with E-state index in [9.17, 15) is 4.79 Å². The minimum absolute atomic E-state index is 0.141. The van der Waals surface area contributed by atoms with Gasteiger partial charge in [0.25, 0.3) is 0 Å². The van der Waals surface area contributed by atoms with Gasteiger partial charge in [-0.25, -0.2) is 9.78 Å². The van der Waals surface area contributed by atoms with Crippen LogP contribution in [0.2, 0.25) is 0 Å². The van der Waals surface area contributed by atoms with Gasteiger partial charge in [0, 0.05) is 25.0 Å². The molecule has 1 heterocycles. The summed E-state index contributed by atoms with van der Waals surface area (Å²) in [5, 5.41) is 5.95. The minimum atomic E-state index is -0.463. The number of carbonyl (C=O) groups is 1. The average Bonchev–Trinajstić information content (AvgIpc) is 2.74. The summed E-state index contributed by atoms with van der Waals surface area (Å²) < 4.78 is 5.14. The second-order valence-corrected chi connectivity index (χ2v) is 5.20. The lowest BCUT2D eigenvalue weighted by Gasteiger charge is -2.21. The van der Waals surface area contributed by atoms with E-state index in [2.05, 4.69) is 20.6 Å². The molecule has 1 unspecified atom stereocenters. The molecule has 1 aromatic rings. The normalized spacial score (nSPS) is 13.1. The molecule has 0 fully saturated rings. The molecule has 0 saturated heterocycles. The molecular formula is C12H22N4O2. The van der Waals surface area contributed by atoms with E-state index in [0.29, 0.717) is 13.1 Å². The Balaban J connectivity index is 2.17. The van der Waals surface area contributed by atoms with Gasteiger partial charge in [0.05, 0.1) is 6.54 Å². The van der Waals surface area contributed by atoms with Gasteiger partial charge < -0.3 is 20.4 Å². The Morgan fingerprint density at radius 3 is 2.83 bits per heavy atom. The maximum absolute atomic E-state index is 11.4. The number of nitrogens with one attached hydrogen (secondary N) is 3. The number of alkyl carbamates (subject to hydrolysis) is 1. The van der Waals surface area contributed by atoms with Crippen molar-refractivity contribution in [3.05, 3.63) is 18.2 Å². The van der Waals surface area contributed by atoms with Crippen molar-refractivity contribution in [3.8, 4) is 0 Å². The Morgan fingerprint density at radius 2 is 2.28 bits per heavy atom. The smallest absolute Gasteiger partial charge is 0.407 e. The summed E-state index contributed by atoms with van der Waals surface area (Å²) in [6, 6.07) is 0.141. The molecule has 0 aromatic carbocycles. The molecule has 6 heteroatoms. The number of aromatic nitrogens is 2. The van der Waals surface area contributed by atoms with Gasteiger partial charge >= 0.3 is 6.09 Å². The molecule has 0 saturated carbocycles. The zero-order valence-electron chi connectivity index (χ0n) is 11.4. The highest BCUT2D eigenvalue weighted by Crippen LogP contribution is 2.06. The Morgan fingerprint density at radius 1 is 1.56 bits per heavy atom. The molecule has 102 valence electrons. The summed E-state index contributed by atoms with van der Waals surface area (Å²) in [5.41, 5.74) is -0.463. The Bertz CT molecular complexity index is 357. The summed E-state index contributed by atoms with van der Waals surface area (Å²) in [6.07, 6.45) is 3.09. The van der Waals surface area contributed by atoms with Crippen molar-refractivity contribution in [2.24, 2.45) is 0 Å². The van der Waals surface area contributed by atoms with E-state index in [0.717, 1.165) is 5.82 Å². The van der Waals surface area contributed by atoms with Crippen LogP contribution in [-0.2, 0) is 11.3 Å². The molecule has 6 nitrogen and oxygen atoms in total. The minimum Gasteiger partial charge on any atom is -0.444 e. The predicted molar refractivity (Wildman–Crippen MR) is 69.1 cm³/mol. The lowest BCUT2D eigenvalue weighted by molar-refractivity contribution is 0.0523. The SMILES string of the molecule is CC(CNC(=O)OC(C)(C)C)NCc1ncc[nH]1. The van der Waals surface area contributed by atoms with Crippen LogP contribution in [0, 0.1) is 0 Å². The highest BCUT2D eigenvalue weighted by molar-refractivity contribution is 5.67. The molecular weight excluding hydrogens is 232 g/mol. The molecule has 0 aliphatic heterocycles. The standard InChI is InChI=1S/C12H22N4O2/c1-9(15-8-10-13-5-6-14-10)7-16-11(17)18-12(2,3)4/h5-6,9,15H,7-8H2,1-4H3,(H,13,14)(H,16,17). The summed E-state index contributed by atoms with van der Waals surface area (Å²) in [7, 11) is 0. The van der Waals surface area contributed by atoms with E-state index >= 15 is 0 Å². The van der Waals surface area contributed by atoms with Gasteiger partial charge in [0.2, 0.25) is 0 Å². The Labute approximate surface area is 108 Å². The molecule has 1 rings (SSSR count). The number of amides is 1. The fourth-order valence-corrected chi connectivity index (χ4v) is 1.29. The number of rotatable bonds is 5. The van der Waals surface area contributed by atoms with Crippen molar-refractivity contribution in [2.45, 2.75) is 45.9 Å². The average molecular weight is 254 g/mol. The molecule has 0 bridgehead atoms. The van der Waals surface area contributed by atoms with Gasteiger partial charge in [-0.3, -0.25) is 0 Å². The predicted octanol–water partition coefficient (Wildman–Crippen LogP) is 1.41. The Kier molecular flexibility index (Phi) is 5.15. The first-order valence-corrected chi connectivity index (χ1v) is 6.05. The van der Waals surface area contributed by atoms with Crippen LogP contribution in [0.4, 0.5) is 4.79 Å². The number of aromatic amines is 1. The number of hydrogen-bond donors (Lipinski definition) is 3. The fourth-order valence-electron chi connectivity index (χ4n) is 1.29. The molecule has 0 aliphatic carbocycles. The first-order valence-electron chi connectivity index (χ1n) is 6.05. The lowest BCUT2D eigenvalue weighted by atomic mass is 10.2. The van der Waals surface area contributed by atoms with Crippen LogP contribution < -0.4 is 10.6 Å². The van der Waals surface area contributed by atoms with Crippen molar-refractivity contribution < 1.29 is 9.53 Å². The van der Waals surface area contributed by atoms with Crippen molar-refractivity contribution in [1.82, 2.24) is 20.6 Å². The van der Waals surface area contributed by atoms with Crippen LogP contribution in [0.15, 0.2) is 12.4 Å². The largest absolute Gasteiger partial charge is 0.444 e. The molecule has 18 heavy (non-hydrogen) atoms. The molecule has 1 amide bonds. The van der Waals surface area contributed by atoms with Crippen LogP contribution in [-0.4, -0.2) is 34.2 Å². The van der Waals surface area contributed by atoms with E-state index in [1.807, 2.05) is 27.7 Å². The van der Waals surface area contributed by atoms with E-state index in [4.69, 9.17) is 4.74 Å². The van der Waals surface area contributed by atoms with E-state index < -0.39 is 11.7 Å². The quantitative estimate of drug-likeness (QED) is 0.742. The summed E-state index contributed by atoms with van der Waals surface area (Å²) in [4.78, 5) is 18.5. The maximum atomic E-state index is 11.4. The molecule has 0 spiro atoms. The molecule has 1 aromatic heterocycles. The second kappa shape index (κ2) is 6.39. The van der Waals surface area contributed by atoms with Crippen LogP contribution in [0.25, 0.3) is 0 Å². The topological polar surface area (TPSA) is 79.0 Å². The molecule has 0 aliphatic rings. The summed E-state index contributed by atoms with van der Waals surface area (Å²) >= 11 is 0. The third-order valence-electron chi connectivity index (χ3n) is 2.12. The Hall–Kier alpha value is -1.56. The number of ether oxygens (including phenoxy) is 1. The maximum Gasteiger partial charge on any atom is 0.407 e. The van der Waals surface area contributed by atoms with Crippen molar-refractivity contribution in [1.29, 1.82) is 0 Å². The monoisotopic (exact) mass is 254 g/mol. The van der Waals surface area contributed by atoms with Gasteiger partial charge in [-0.05, 0) is 27.7 Å². The number of hydrogen-bond acceptors (Lipinski definition) is 4. The van der Waals surface area contributed by atoms with E-state index in [1.165, 1.54) is 0 Å². The summed E-state index contributed by atoms with van der Waals surface area (Å²) in [5.74, 6) is 0.874. The lowest BCUT2D eigenvalue weighted by Crippen LogP contribution is -2.41. The number of carbonyl (C=O) groups excluding carboxylic acids is 1. The van der Waals surface area contributed by atoms with Gasteiger partial charge in [-0.1, -0.05) is 0 Å². The van der Waals surface area contributed by atoms with Crippen LogP contribution >= 0.6 is 0 Å². The van der Waals surface area contributed by atoms with Crippen LogP contribution in [0.1, 0.15) is 33.5 Å². The van der Waals surface area contributed by atoms with Crippen molar-refractivity contribution in [3.63, 3.8) is 0 Å². The zero-order valence-corrected chi connectivity index (χ0v) is 11.4. The number of nitrogens with zero attached hydrogens (tertiary/aromatic N) is 1. The zero-order chi connectivity index (χ0) is 13.6. The molecule has 3 N–H and O–H groups in total. The van der Waals surface area contributed by atoms with Gasteiger partial charge in [0.1, 0.15) is 11.4 Å². The fraction of sp³-hybridized carbons (Fsp3) is 0.667. The molecule has 1 atom stereocenters. The molecule has 0 radical (unpaired) electrons. The number of imidazole rings is 1. The third-order valence-corrected chi connectivity index (χ3v) is 2.12. The van der Waals surface area contributed by atoms with Gasteiger partial charge in [-0.2, -0.15) is 0 Å². The van der Waals surface area contributed by atoms with Crippen LogP contribution in [0.3, 0.4) is 0 Å². The highest BCUT2D eigenvalue weighted by Gasteiger charge is 2.16.